The first kappa shape index (κ1) is 5.96. The lowest BCUT2D eigenvalue weighted by Crippen LogP contribution is -2.10. The van der Waals surface area contributed by atoms with Crippen molar-refractivity contribution < 1.29 is 0 Å². The zero-order valence-electron chi connectivity index (χ0n) is 5.83. The molecule has 2 aromatic heterocycles. The number of aromatic amines is 1. The highest BCUT2D eigenvalue weighted by Crippen LogP contribution is 2.20. The number of hydrogen-bond acceptors (Lipinski definition) is 3. The van der Waals surface area contributed by atoms with Crippen LogP contribution in [0.15, 0.2) is 12.1 Å². The zero-order chi connectivity index (χ0) is 8.01. The maximum atomic E-state index is 5.57. The number of anilines is 2. The Bertz CT molecular complexity index is 396. The lowest BCUT2D eigenvalue weighted by atomic mass is 10.5. The van der Waals surface area contributed by atoms with E-state index in [9.17, 15) is 0 Å². The minimum Gasteiger partial charge on any atom is -0.385 e. The van der Waals surface area contributed by atoms with Crippen LogP contribution in [0.2, 0.25) is 0 Å². The highest BCUT2D eigenvalue weighted by molar-refractivity contribution is 5.84. The van der Waals surface area contributed by atoms with Gasteiger partial charge in [0.15, 0.2) is 0 Å². The second kappa shape index (κ2) is 1.63. The lowest BCUT2D eigenvalue weighted by molar-refractivity contribution is 1.08. The molecule has 0 saturated heterocycles. The number of nitrogens with zero attached hydrogens (tertiary/aromatic N) is 1. The molecule has 7 N–H and O–H groups in total. The molecule has 0 unspecified atom stereocenters. The Balaban J connectivity index is 2.88. The first-order valence-electron chi connectivity index (χ1n) is 3.19. The number of nitrogen functional groups attached to an aromatic ring is 3. The third kappa shape index (κ3) is 0.644. The van der Waals surface area contributed by atoms with Gasteiger partial charge in [-0.1, -0.05) is 0 Å². The summed E-state index contributed by atoms with van der Waals surface area (Å²) in [5.74, 6) is 6.68. The number of fused-ring (bicyclic) bond motifs is 1. The van der Waals surface area contributed by atoms with Crippen molar-refractivity contribution in [3.63, 3.8) is 0 Å². The number of aromatic nitrogens is 2. The summed E-state index contributed by atoms with van der Waals surface area (Å²) < 4.78 is 1.39. The van der Waals surface area contributed by atoms with Gasteiger partial charge in [-0.05, 0) is 0 Å². The van der Waals surface area contributed by atoms with Crippen molar-refractivity contribution in [2.75, 3.05) is 17.3 Å². The van der Waals surface area contributed by atoms with E-state index in [1.165, 1.54) is 4.68 Å². The summed E-state index contributed by atoms with van der Waals surface area (Å²) in [6.07, 6.45) is 0. The Labute approximate surface area is 62.7 Å². The van der Waals surface area contributed by atoms with Gasteiger partial charge in [0.05, 0.1) is 11.0 Å². The molecule has 0 aliphatic rings. The van der Waals surface area contributed by atoms with E-state index >= 15 is 0 Å². The Morgan fingerprint density at radius 1 is 1.27 bits per heavy atom. The molecule has 5 nitrogen and oxygen atoms in total. The molecule has 11 heavy (non-hydrogen) atoms. The van der Waals surface area contributed by atoms with Crippen molar-refractivity contribution in [1.29, 1.82) is 0 Å². The van der Waals surface area contributed by atoms with Crippen LogP contribution in [0.25, 0.3) is 11.0 Å². The predicted molar refractivity (Wildman–Crippen MR) is 45.3 cm³/mol. The fraction of sp³-hybridized carbons (Fsp3) is 0. The number of nitrogens with one attached hydrogen (secondary N) is 1. The SMILES string of the molecule is Nc1cc2c(cc(N)n2N)[nH]1. The molecular formula is C6H9N5. The van der Waals surface area contributed by atoms with Gasteiger partial charge in [0, 0.05) is 12.1 Å². The van der Waals surface area contributed by atoms with Gasteiger partial charge in [-0.3, -0.25) is 0 Å². The minimum atomic E-state index is 0.520. The molecule has 2 heterocycles. The monoisotopic (exact) mass is 151 g/mol. The molecule has 0 aromatic carbocycles. The van der Waals surface area contributed by atoms with Gasteiger partial charge < -0.3 is 22.3 Å². The van der Waals surface area contributed by atoms with E-state index < -0.39 is 0 Å². The summed E-state index contributed by atoms with van der Waals surface area (Å²) in [5, 5.41) is 0. The summed E-state index contributed by atoms with van der Waals surface area (Å²) >= 11 is 0. The van der Waals surface area contributed by atoms with E-state index in [-0.39, 0.29) is 0 Å². The van der Waals surface area contributed by atoms with Gasteiger partial charge in [0.2, 0.25) is 0 Å². The second-order valence-electron chi connectivity index (χ2n) is 2.46. The molecule has 0 radical (unpaired) electrons. The number of nitrogens with two attached hydrogens (primary N) is 3. The first-order valence-corrected chi connectivity index (χ1v) is 3.19. The molecule has 58 valence electrons. The van der Waals surface area contributed by atoms with E-state index in [2.05, 4.69) is 4.98 Å². The van der Waals surface area contributed by atoms with Crippen molar-refractivity contribution in [2.45, 2.75) is 0 Å². The summed E-state index contributed by atoms with van der Waals surface area (Å²) in [7, 11) is 0. The third-order valence-electron chi connectivity index (χ3n) is 1.68. The fourth-order valence-electron chi connectivity index (χ4n) is 1.15. The van der Waals surface area contributed by atoms with Crippen molar-refractivity contribution in [1.82, 2.24) is 9.66 Å². The van der Waals surface area contributed by atoms with Crippen molar-refractivity contribution in [3.8, 4) is 0 Å². The maximum Gasteiger partial charge on any atom is 0.124 e. The molecule has 5 heteroatoms. The molecule has 0 aliphatic heterocycles. The smallest absolute Gasteiger partial charge is 0.124 e. The molecule has 0 aliphatic carbocycles. The van der Waals surface area contributed by atoms with Crippen LogP contribution in [-0.4, -0.2) is 9.66 Å². The van der Waals surface area contributed by atoms with Crippen molar-refractivity contribution in [2.24, 2.45) is 0 Å². The average Bonchev–Trinajstić information content (AvgIpc) is 2.37. The summed E-state index contributed by atoms with van der Waals surface area (Å²) in [6, 6.07) is 3.48. The third-order valence-corrected chi connectivity index (χ3v) is 1.68. The standard InChI is InChI=1S/C6H9N5/c7-5-2-4-3(10-5)1-6(8)11(4)9/h1-2,10H,7-9H2. The fourth-order valence-corrected chi connectivity index (χ4v) is 1.15. The number of hydrogen-bond donors (Lipinski definition) is 4. The molecule has 0 saturated carbocycles. The minimum absolute atomic E-state index is 0.520. The molecular weight excluding hydrogens is 142 g/mol. The summed E-state index contributed by atoms with van der Waals surface area (Å²) in [4.78, 5) is 2.92. The van der Waals surface area contributed by atoms with Crippen molar-refractivity contribution >= 4 is 22.7 Å². The Kier molecular flexibility index (Phi) is 0.883. The van der Waals surface area contributed by atoms with Crippen molar-refractivity contribution in [3.05, 3.63) is 12.1 Å². The lowest BCUT2D eigenvalue weighted by Gasteiger charge is -1.94. The molecule has 0 bridgehead atoms. The van der Waals surface area contributed by atoms with Gasteiger partial charge >= 0.3 is 0 Å². The first-order chi connectivity index (χ1) is 5.18. The van der Waals surface area contributed by atoms with E-state index in [4.69, 9.17) is 17.3 Å². The largest absolute Gasteiger partial charge is 0.385 e. The molecule has 2 rings (SSSR count). The summed E-state index contributed by atoms with van der Waals surface area (Å²) in [5.41, 5.74) is 12.7. The maximum absolute atomic E-state index is 5.57. The molecule has 0 fully saturated rings. The van der Waals surface area contributed by atoms with E-state index in [0.717, 1.165) is 11.0 Å². The van der Waals surface area contributed by atoms with Crippen LogP contribution in [0.1, 0.15) is 0 Å². The number of H-pyrrole nitrogens is 1. The Morgan fingerprint density at radius 2 is 2.00 bits per heavy atom. The van der Waals surface area contributed by atoms with Gasteiger partial charge in [-0.2, -0.15) is 0 Å². The normalized spacial score (nSPS) is 10.9. The molecule has 0 amide bonds. The van der Waals surface area contributed by atoms with Gasteiger partial charge in [0.25, 0.3) is 0 Å². The van der Waals surface area contributed by atoms with Gasteiger partial charge in [0.1, 0.15) is 11.6 Å². The Hall–Kier alpha value is -1.78. The van der Waals surface area contributed by atoms with Gasteiger partial charge in [-0.15, -0.1) is 0 Å². The van der Waals surface area contributed by atoms with Gasteiger partial charge in [-0.25, -0.2) is 4.68 Å². The zero-order valence-corrected chi connectivity index (χ0v) is 5.83. The van der Waals surface area contributed by atoms with E-state index in [1.54, 1.807) is 12.1 Å². The summed E-state index contributed by atoms with van der Waals surface area (Å²) in [6.45, 7) is 0. The van der Waals surface area contributed by atoms with Crippen LogP contribution >= 0.6 is 0 Å². The van der Waals surface area contributed by atoms with Crippen LogP contribution < -0.4 is 17.3 Å². The molecule has 0 atom stereocenters. The highest BCUT2D eigenvalue weighted by Gasteiger charge is 2.04. The topological polar surface area (TPSA) is 98.8 Å². The second-order valence-corrected chi connectivity index (χ2v) is 2.46. The molecule has 0 spiro atoms. The van der Waals surface area contributed by atoms with Crippen LogP contribution in [0, 0.1) is 0 Å². The quantitative estimate of drug-likeness (QED) is 0.394. The highest BCUT2D eigenvalue weighted by atomic mass is 15.3. The van der Waals surface area contributed by atoms with Crippen LogP contribution in [0.5, 0.6) is 0 Å². The Morgan fingerprint density at radius 3 is 2.64 bits per heavy atom. The van der Waals surface area contributed by atoms with Crippen LogP contribution in [-0.2, 0) is 0 Å². The van der Waals surface area contributed by atoms with E-state index in [0.29, 0.717) is 11.6 Å². The molecule has 2 aromatic rings. The average molecular weight is 151 g/mol. The van der Waals surface area contributed by atoms with Crippen LogP contribution in [0.4, 0.5) is 11.6 Å². The predicted octanol–water partition coefficient (Wildman–Crippen LogP) is -0.152. The van der Waals surface area contributed by atoms with E-state index in [1.807, 2.05) is 0 Å². The van der Waals surface area contributed by atoms with Crippen LogP contribution in [0.3, 0.4) is 0 Å². The number of rotatable bonds is 0.